The molecular formula is C12H15N3O3. The highest BCUT2D eigenvalue weighted by Gasteiger charge is 2.23. The Morgan fingerprint density at radius 2 is 2.11 bits per heavy atom. The minimum atomic E-state index is -0.552. The van der Waals surface area contributed by atoms with Crippen LogP contribution in [0.3, 0.4) is 0 Å². The lowest BCUT2D eigenvalue weighted by Gasteiger charge is -2.11. The van der Waals surface area contributed by atoms with Gasteiger partial charge in [-0.3, -0.25) is 4.79 Å². The van der Waals surface area contributed by atoms with E-state index in [1.165, 1.54) is 13.2 Å². The first-order valence-corrected chi connectivity index (χ1v) is 5.65. The summed E-state index contributed by atoms with van der Waals surface area (Å²) in [4.78, 5) is 22.7. The van der Waals surface area contributed by atoms with E-state index in [2.05, 4.69) is 10.6 Å². The molecule has 0 bridgehead atoms. The van der Waals surface area contributed by atoms with E-state index in [1.807, 2.05) is 0 Å². The summed E-state index contributed by atoms with van der Waals surface area (Å²) in [6.45, 7) is 0. The Hall–Kier alpha value is -2.24. The van der Waals surface area contributed by atoms with Crippen LogP contribution >= 0.6 is 0 Å². The fourth-order valence-corrected chi connectivity index (χ4v) is 1.53. The first-order chi connectivity index (χ1) is 8.60. The number of urea groups is 1. The van der Waals surface area contributed by atoms with Gasteiger partial charge < -0.3 is 21.1 Å². The summed E-state index contributed by atoms with van der Waals surface area (Å²) >= 11 is 0. The van der Waals surface area contributed by atoms with E-state index >= 15 is 0 Å². The van der Waals surface area contributed by atoms with E-state index in [0.29, 0.717) is 17.0 Å². The van der Waals surface area contributed by atoms with Crippen molar-refractivity contribution >= 4 is 17.6 Å². The monoisotopic (exact) mass is 249 g/mol. The van der Waals surface area contributed by atoms with Crippen molar-refractivity contribution in [3.05, 3.63) is 23.8 Å². The normalized spacial score (nSPS) is 13.8. The molecule has 0 aliphatic heterocycles. The second-order valence-electron chi connectivity index (χ2n) is 4.15. The molecule has 96 valence electrons. The molecule has 6 heteroatoms. The van der Waals surface area contributed by atoms with Crippen LogP contribution in [-0.2, 0) is 0 Å². The Bertz CT molecular complexity index is 483. The minimum absolute atomic E-state index is 0.260. The molecule has 0 atom stereocenters. The van der Waals surface area contributed by atoms with Crippen LogP contribution in [0.15, 0.2) is 18.2 Å². The number of amides is 3. The standard InChI is InChI=1S/C12H15N3O3/c1-18-10-5-2-7(11(13)16)6-9(10)15-12(17)14-8-3-4-8/h2,5-6,8H,3-4H2,1H3,(H2,13,16)(H2,14,15,17). The molecule has 1 aromatic rings. The van der Waals surface area contributed by atoms with Gasteiger partial charge in [0.25, 0.3) is 0 Å². The van der Waals surface area contributed by atoms with Gasteiger partial charge in [0.2, 0.25) is 5.91 Å². The zero-order chi connectivity index (χ0) is 13.1. The first-order valence-electron chi connectivity index (χ1n) is 5.65. The third kappa shape index (κ3) is 2.91. The highest BCUT2D eigenvalue weighted by molar-refractivity contribution is 5.97. The summed E-state index contributed by atoms with van der Waals surface area (Å²) in [5, 5.41) is 5.43. The van der Waals surface area contributed by atoms with E-state index < -0.39 is 5.91 Å². The molecule has 2 rings (SSSR count). The zero-order valence-electron chi connectivity index (χ0n) is 10.0. The molecule has 1 aromatic carbocycles. The third-order valence-corrected chi connectivity index (χ3v) is 2.64. The molecule has 1 aliphatic rings. The third-order valence-electron chi connectivity index (χ3n) is 2.64. The largest absolute Gasteiger partial charge is 0.495 e. The van der Waals surface area contributed by atoms with E-state index in [-0.39, 0.29) is 12.1 Å². The number of anilines is 1. The summed E-state index contributed by atoms with van der Waals surface area (Å²) < 4.78 is 5.11. The van der Waals surface area contributed by atoms with Gasteiger partial charge in [0.05, 0.1) is 12.8 Å². The highest BCUT2D eigenvalue weighted by atomic mass is 16.5. The SMILES string of the molecule is COc1ccc(C(N)=O)cc1NC(=O)NC1CC1. The van der Waals surface area contributed by atoms with Crippen LogP contribution in [0.4, 0.5) is 10.5 Å². The average Bonchev–Trinajstić information content (AvgIpc) is 3.12. The molecule has 0 aromatic heterocycles. The number of nitrogens with two attached hydrogens (primary N) is 1. The Labute approximate surface area is 104 Å². The molecule has 6 nitrogen and oxygen atoms in total. The lowest BCUT2D eigenvalue weighted by atomic mass is 10.2. The second-order valence-corrected chi connectivity index (χ2v) is 4.15. The Morgan fingerprint density at radius 3 is 2.67 bits per heavy atom. The van der Waals surface area contributed by atoms with Crippen molar-refractivity contribution in [2.24, 2.45) is 5.73 Å². The highest BCUT2D eigenvalue weighted by Crippen LogP contribution is 2.26. The summed E-state index contributed by atoms with van der Waals surface area (Å²) in [6.07, 6.45) is 2.01. The van der Waals surface area contributed by atoms with Gasteiger partial charge in [0.1, 0.15) is 5.75 Å². The zero-order valence-corrected chi connectivity index (χ0v) is 10.0. The minimum Gasteiger partial charge on any atom is -0.495 e. The quantitative estimate of drug-likeness (QED) is 0.745. The number of rotatable bonds is 4. The molecule has 1 fully saturated rings. The molecule has 0 spiro atoms. The van der Waals surface area contributed by atoms with Gasteiger partial charge in [0.15, 0.2) is 0 Å². The molecule has 3 amide bonds. The summed E-state index contributed by atoms with van der Waals surface area (Å²) in [6, 6.07) is 4.58. The van der Waals surface area contributed by atoms with E-state index in [9.17, 15) is 9.59 Å². The molecular weight excluding hydrogens is 234 g/mol. The number of nitrogens with one attached hydrogen (secondary N) is 2. The van der Waals surface area contributed by atoms with Gasteiger partial charge >= 0.3 is 6.03 Å². The molecule has 0 radical (unpaired) electrons. The van der Waals surface area contributed by atoms with E-state index in [0.717, 1.165) is 12.8 Å². The number of ether oxygens (including phenoxy) is 1. The molecule has 4 N–H and O–H groups in total. The van der Waals surface area contributed by atoms with Gasteiger partial charge in [-0.25, -0.2) is 4.79 Å². The smallest absolute Gasteiger partial charge is 0.319 e. The van der Waals surface area contributed by atoms with Crippen molar-refractivity contribution in [1.82, 2.24) is 5.32 Å². The number of carbonyl (C=O) groups excluding carboxylic acids is 2. The molecule has 18 heavy (non-hydrogen) atoms. The van der Waals surface area contributed by atoms with Crippen molar-refractivity contribution in [3.63, 3.8) is 0 Å². The van der Waals surface area contributed by atoms with Crippen LogP contribution in [0.25, 0.3) is 0 Å². The van der Waals surface area contributed by atoms with Gasteiger partial charge in [-0.1, -0.05) is 0 Å². The van der Waals surface area contributed by atoms with Crippen LogP contribution in [0.1, 0.15) is 23.2 Å². The second kappa shape index (κ2) is 4.95. The fraction of sp³-hybridized carbons (Fsp3) is 0.333. The Morgan fingerprint density at radius 1 is 1.39 bits per heavy atom. The van der Waals surface area contributed by atoms with Gasteiger partial charge in [-0.05, 0) is 31.0 Å². The van der Waals surface area contributed by atoms with Crippen molar-refractivity contribution < 1.29 is 14.3 Å². The molecule has 0 heterocycles. The van der Waals surface area contributed by atoms with Crippen molar-refractivity contribution in [1.29, 1.82) is 0 Å². The van der Waals surface area contributed by atoms with Crippen LogP contribution < -0.4 is 21.1 Å². The maximum absolute atomic E-state index is 11.6. The predicted molar refractivity (Wildman–Crippen MR) is 66.7 cm³/mol. The maximum Gasteiger partial charge on any atom is 0.319 e. The lowest BCUT2D eigenvalue weighted by molar-refractivity contribution is 0.1000. The molecule has 0 unspecified atom stereocenters. The van der Waals surface area contributed by atoms with Crippen LogP contribution in [0.5, 0.6) is 5.75 Å². The van der Waals surface area contributed by atoms with Gasteiger partial charge in [-0.2, -0.15) is 0 Å². The topological polar surface area (TPSA) is 93.4 Å². The van der Waals surface area contributed by atoms with Crippen molar-refractivity contribution in [2.75, 3.05) is 12.4 Å². The fourth-order valence-electron chi connectivity index (χ4n) is 1.53. The average molecular weight is 249 g/mol. The number of hydrogen-bond acceptors (Lipinski definition) is 3. The van der Waals surface area contributed by atoms with E-state index in [4.69, 9.17) is 10.5 Å². The predicted octanol–water partition coefficient (Wildman–Crippen LogP) is 1.08. The van der Waals surface area contributed by atoms with Crippen LogP contribution in [0, 0.1) is 0 Å². The van der Waals surface area contributed by atoms with Crippen LogP contribution in [-0.4, -0.2) is 25.1 Å². The van der Waals surface area contributed by atoms with Crippen molar-refractivity contribution in [2.45, 2.75) is 18.9 Å². The van der Waals surface area contributed by atoms with Crippen molar-refractivity contribution in [3.8, 4) is 5.75 Å². The Kier molecular flexibility index (Phi) is 3.36. The van der Waals surface area contributed by atoms with E-state index in [1.54, 1.807) is 12.1 Å². The number of methoxy groups -OCH3 is 1. The van der Waals surface area contributed by atoms with Crippen LogP contribution in [0.2, 0.25) is 0 Å². The maximum atomic E-state index is 11.6. The Balaban J connectivity index is 2.14. The lowest BCUT2D eigenvalue weighted by Crippen LogP contribution is -2.30. The molecule has 1 saturated carbocycles. The number of hydrogen-bond donors (Lipinski definition) is 3. The summed E-state index contributed by atoms with van der Waals surface area (Å²) in [5.41, 5.74) is 5.93. The number of benzene rings is 1. The molecule has 1 aliphatic carbocycles. The number of primary amides is 1. The van der Waals surface area contributed by atoms with Gasteiger partial charge in [0, 0.05) is 11.6 Å². The number of carbonyl (C=O) groups is 2. The summed E-state index contributed by atoms with van der Waals surface area (Å²) in [5.74, 6) is -0.0748. The molecule has 0 saturated heterocycles. The summed E-state index contributed by atoms with van der Waals surface area (Å²) in [7, 11) is 1.49. The first kappa shape index (κ1) is 12.2. The van der Waals surface area contributed by atoms with Gasteiger partial charge in [-0.15, -0.1) is 0 Å².